The summed E-state index contributed by atoms with van der Waals surface area (Å²) in [4.78, 5) is 12.0. The number of hydrogen-bond donors (Lipinski definition) is 2. The van der Waals surface area contributed by atoms with E-state index in [1.54, 1.807) is 10.9 Å². The zero-order valence-electron chi connectivity index (χ0n) is 13.1. The second kappa shape index (κ2) is 8.70. The first-order valence-corrected chi connectivity index (χ1v) is 7.87. The number of rotatable bonds is 5. The number of carbonyl (C=O) groups is 1. The minimum Gasteiger partial charge on any atom is -0.355 e. The second-order valence-corrected chi connectivity index (χ2v) is 5.82. The minimum absolute atomic E-state index is 0. The first-order chi connectivity index (χ1) is 10.8. The van der Waals surface area contributed by atoms with Crippen LogP contribution in [0.1, 0.15) is 18.4 Å². The lowest BCUT2D eigenvalue weighted by Crippen LogP contribution is -2.38. The van der Waals surface area contributed by atoms with E-state index in [2.05, 4.69) is 15.7 Å². The van der Waals surface area contributed by atoms with Gasteiger partial charge in [-0.25, -0.2) is 4.68 Å². The van der Waals surface area contributed by atoms with Crippen molar-refractivity contribution in [2.75, 3.05) is 19.6 Å². The highest BCUT2D eigenvalue weighted by Gasteiger charge is 2.14. The number of benzene rings is 1. The standard InChI is InChI=1S/C17H22N4O.ClH/c22-17(19-11-14-5-4-8-18-10-14)9-15-12-20-21(13-15)16-6-2-1-3-7-16;/h1-3,6-7,12-14,18H,4-5,8-11H2,(H,19,22);1H. The van der Waals surface area contributed by atoms with E-state index in [-0.39, 0.29) is 18.3 Å². The lowest BCUT2D eigenvalue weighted by molar-refractivity contribution is -0.120. The van der Waals surface area contributed by atoms with Crippen LogP contribution in [0.5, 0.6) is 0 Å². The van der Waals surface area contributed by atoms with E-state index in [1.165, 1.54) is 12.8 Å². The number of para-hydroxylation sites is 1. The van der Waals surface area contributed by atoms with E-state index in [1.807, 2.05) is 36.5 Å². The Balaban J connectivity index is 0.00000192. The Morgan fingerprint density at radius 1 is 1.35 bits per heavy atom. The fourth-order valence-electron chi connectivity index (χ4n) is 2.78. The highest BCUT2D eigenvalue weighted by Crippen LogP contribution is 2.10. The van der Waals surface area contributed by atoms with Gasteiger partial charge in [-0.05, 0) is 49.5 Å². The Morgan fingerprint density at radius 3 is 2.91 bits per heavy atom. The molecule has 1 unspecified atom stereocenters. The lowest BCUT2D eigenvalue weighted by Gasteiger charge is -2.22. The Hall–Kier alpha value is -1.85. The average Bonchev–Trinajstić information content (AvgIpc) is 3.03. The van der Waals surface area contributed by atoms with Crippen LogP contribution in [0.25, 0.3) is 5.69 Å². The van der Waals surface area contributed by atoms with Crippen LogP contribution in [-0.2, 0) is 11.2 Å². The summed E-state index contributed by atoms with van der Waals surface area (Å²) in [5.74, 6) is 0.628. The number of carbonyl (C=O) groups excluding carboxylic acids is 1. The van der Waals surface area contributed by atoms with Gasteiger partial charge in [0.05, 0.1) is 18.3 Å². The molecule has 1 fully saturated rings. The number of hydrogen-bond acceptors (Lipinski definition) is 3. The Kier molecular flexibility index (Phi) is 6.62. The van der Waals surface area contributed by atoms with Gasteiger partial charge in [-0.15, -0.1) is 12.4 Å². The minimum atomic E-state index is 0. The Bertz CT molecular complexity index is 608. The average molecular weight is 335 g/mol. The molecule has 3 rings (SSSR count). The van der Waals surface area contributed by atoms with Gasteiger partial charge < -0.3 is 10.6 Å². The van der Waals surface area contributed by atoms with Gasteiger partial charge in [-0.1, -0.05) is 18.2 Å². The molecule has 1 aliphatic rings. The smallest absolute Gasteiger partial charge is 0.224 e. The molecule has 1 saturated heterocycles. The van der Waals surface area contributed by atoms with Gasteiger partial charge in [0.15, 0.2) is 0 Å². The maximum Gasteiger partial charge on any atom is 0.224 e. The molecule has 1 aromatic carbocycles. The summed E-state index contributed by atoms with van der Waals surface area (Å²) >= 11 is 0. The summed E-state index contributed by atoms with van der Waals surface area (Å²) in [6.45, 7) is 2.87. The maximum absolute atomic E-state index is 12.0. The molecule has 0 saturated carbocycles. The van der Waals surface area contributed by atoms with Crippen LogP contribution in [0.4, 0.5) is 0 Å². The molecule has 0 radical (unpaired) electrons. The van der Waals surface area contributed by atoms with Gasteiger partial charge in [0.25, 0.3) is 0 Å². The number of amides is 1. The third-order valence-corrected chi connectivity index (χ3v) is 4.01. The number of nitrogens with zero attached hydrogens (tertiary/aromatic N) is 2. The highest BCUT2D eigenvalue weighted by molar-refractivity contribution is 5.85. The molecule has 1 aromatic heterocycles. The molecule has 1 atom stereocenters. The summed E-state index contributed by atoms with van der Waals surface area (Å²) in [7, 11) is 0. The van der Waals surface area contributed by atoms with Crippen molar-refractivity contribution in [1.82, 2.24) is 20.4 Å². The molecule has 2 heterocycles. The molecule has 2 N–H and O–H groups in total. The van der Waals surface area contributed by atoms with Crippen molar-refractivity contribution in [3.05, 3.63) is 48.3 Å². The third kappa shape index (κ3) is 5.08. The zero-order valence-corrected chi connectivity index (χ0v) is 13.9. The van der Waals surface area contributed by atoms with E-state index in [4.69, 9.17) is 0 Å². The largest absolute Gasteiger partial charge is 0.355 e. The predicted molar refractivity (Wildman–Crippen MR) is 93.1 cm³/mol. The van der Waals surface area contributed by atoms with Crippen molar-refractivity contribution < 1.29 is 4.79 Å². The number of piperidine rings is 1. The van der Waals surface area contributed by atoms with Crippen molar-refractivity contribution in [3.8, 4) is 5.69 Å². The van der Waals surface area contributed by atoms with Crippen molar-refractivity contribution in [1.29, 1.82) is 0 Å². The monoisotopic (exact) mass is 334 g/mol. The van der Waals surface area contributed by atoms with Crippen molar-refractivity contribution in [3.63, 3.8) is 0 Å². The first-order valence-electron chi connectivity index (χ1n) is 7.87. The van der Waals surface area contributed by atoms with Crippen LogP contribution < -0.4 is 10.6 Å². The molecular formula is C17H23ClN4O. The quantitative estimate of drug-likeness (QED) is 0.878. The third-order valence-electron chi connectivity index (χ3n) is 4.01. The number of nitrogens with one attached hydrogen (secondary N) is 2. The molecule has 0 spiro atoms. The molecular weight excluding hydrogens is 312 g/mol. The molecule has 124 valence electrons. The van der Waals surface area contributed by atoms with Gasteiger partial charge in [-0.3, -0.25) is 4.79 Å². The fraction of sp³-hybridized carbons (Fsp3) is 0.412. The predicted octanol–water partition coefficient (Wildman–Crippen LogP) is 1.95. The van der Waals surface area contributed by atoms with E-state index < -0.39 is 0 Å². The van der Waals surface area contributed by atoms with Gasteiger partial charge in [-0.2, -0.15) is 5.10 Å². The summed E-state index contributed by atoms with van der Waals surface area (Å²) in [6, 6.07) is 9.91. The van der Waals surface area contributed by atoms with Crippen LogP contribution in [0, 0.1) is 5.92 Å². The van der Waals surface area contributed by atoms with E-state index in [0.29, 0.717) is 12.3 Å². The molecule has 0 aliphatic carbocycles. The van der Waals surface area contributed by atoms with Gasteiger partial charge in [0, 0.05) is 12.7 Å². The van der Waals surface area contributed by atoms with Gasteiger partial charge in [0.2, 0.25) is 5.91 Å². The normalized spacial score (nSPS) is 17.3. The topological polar surface area (TPSA) is 59.0 Å². The van der Waals surface area contributed by atoms with Gasteiger partial charge in [0.1, 0.15) is 0 Å². The molecule has 6 heteroatoms. The van der Waals surface area contributed by atoms with Crippen LogP contribution in [0.3, 0.4) is 0 Å². The SMILES string of the molecule is Cl.O=C(Cc1cnn(-c2ccccc2)c1)NCC1CCCNC1. The molecule has 0 bridgehead atoms. The van der Waals surface area contributed by atoms with Crippen molar-refractivity contribution in [2.45, 2.75) is 19.3 Å². The maximum atomic E-state index is 12.0. The van der Waals surface area contributed by atoms with Gasteiger partial charge >= 0.3 is 0 Å². The number of aromatic nitrogens is 2. The lowest BCUT2D eigenvalue weighted by atomic mass is 10.00. The molecule has 5 nitrogen and oxygen atoms in total. The number of halogens is 1. The van der Waals surface area contributed by atoms with E-state index in [0.717, 1.165) is 30.9 Å². The molecule has 2 aromatic rings. The zero-order chi connectivity index (χ0) is 15.2. The summed E-state index contributed by atoms with van der Waals surface area (Å²) in [6.07, 6.45) is 6.45. The molecule has 1 aliphatic heterocycles. The van der Waals surface area contributed by atoms with Crippen LogP contribution in [-0.4, -0.2) is 35.3 Å². The van der Waals surface area contributed by atoms with Crippen LogP contribution in [0.15, 0.2) is 42.7 Å². The molecule has 23 heavy (non-hydrogen) atoms. The summed E-state index contributed by atoms with van der Waals surface area (Å²) < 4.78 is 1.80. The Morgan fingerprint density at radius 2 is 2.17 bits per heavy atom. The van der Waals surface area contributed by atoms with E-state index in [9.17, 15) is 4.79 Å². The second-order valence-electron chi connectivity index (χ2n) is 5.82. The fourth-order valence-corrected chi connectivity index (χ4v) is 2.78. The van der Waals surface area contributed by atoms with Crippen molar-refractivity contribution in [2.24, 2.45) is 5.92 Å². The van der Waals surface area contributed by atoms with Crippen molar-refractivity contribution >= 4 is 18.3 Å². The summed E-state index contributed by atoms with van der Waals surface area (Å²) in [5.41, 5.74) is 1.94. The highest BCUT2D eigenvalue weighted by atomic mass is 35.5. The molecule has 1 amide bonds. The van der Waals surface area contributed by atoms with Crippen LogP contribution >= 0.6 is 12.4 Å². The van der Waals surface area contributed by atoms with E-state index >= 15 is 0 Å². The first kappa shape index (κ1) is 17.5. The summed E-state index contributed by atoms with van der Waals surface area (Å²) in [5, 5.41) is 10.7. The Labute approximate surface area is 142 Å². The van der Waals surface area contributed by atoms with Crippen LogP contribution in [0.2, 0.25) is 0 Å².